The zero-order chi connectivity index (χ0) is 14.2. The van der Waals surface area contributed by atoms with Crippen LogP contribution in [0.15, 0.2) is 23.1 Å². The van der Waals surface area contributed by atoms with Gasteiger partial charge in [0.15, 0.2) is 0 Å². The lowest BCUT2D eigenvalue weighted by Crippen LogP contribution is -2.30. The van der Waals surface area contributed by atoms with Crippen LogP contribution >= 0.6 is 11.6 Å². The minimum atomic E-state index is -3.71. The molecule has 1 saturated heterocycles. The Balaban J connectivity index is 2.31. The monoisotopic (exact) mass is 303 g/mol. The average Bonchev–Trinajstić information content (AvgIpc) is 2.78. The molecule has 104 valence electrons. The summed E-state index contributed by atoms with van der Waals surface area (Å²) in [6.45, 7) is 2.03. The van der Waals surface area contributed by atoms with Crippen molar-refractivity contribution in [1.29, 1.82) is 0 Å². The first-order chi connectivity index (χ1) is 8.82. The Labute approximate surface area is 116 Å². The number of hydrogen-bond acceptors (Lipinski definition) is 3. The predicted molar refractivity (Wildman–Crippen MR) is 70.7 cm³/mol. The van der Waals surface area contributed by atoms with Crippen LogP contribution in [-0.4, -0.2) is 36.9 Å². The largest absolute Gasteiger partial charge is 0.481 e. The molecular weight excluding hydrogens is 290 g/mol. The van der Waals surface area contributed by atoms with E-state index in [1.807, 2.05) is 6.92 Å². The highest BCUT2D eigenvalue weighted by atomic mass is 35.5. The molecule has 1 aromatic carbocycles. The van der Waals surface area contributed by atoms with Crippen molar-refractivity contribution in [3.63, 3.8) is 0 Å². The SMILES string of the molecule is Cc1ccc(S(=O)(=O)N2CC[C@H](C(=O)O)C2)c(Cl)c1. The first kappa shape index (κ1) is 14.3. The highest BCUT2D eigenvalue weighted by Crippen LogP contribution is 2.29. The van der Waals surface area contributed by atoms with Crippen molar-refractivity contribution >= 4 is 27.6 Å². The van der Waals surface area contributed by atoms with E-state index in [9.17, 15) is 13.2 Å². The number of aryl methyl sites for hydroxylation is 1. The van der Waals surface area contributed by atoms with Crippen molar-refractivity contribution in [2.75, 3.05) is 13.1 Å². The molecule has 1 fully saturated rings. The van der Waals surface area contributed by atoms with E-state index in [2.05, 4.69) is 0 Å². The van der Waals surface area contributed by atoms with Gasteiger partial charge in [0, 0.05) is 13.1 Å². The molecule has 0 aliphatic carbocycles. The number of aliphatic carboxylic acids is 1. The summed E-state index contributed by atoms with van der Waals surface area (Å²) in [7, 11) is -3.71. The van der Waals surface area contributed by atoms with Crippen LogP contribution in [0.2, 0.25) is 5.02 Å². The number of rotatable bonds is 3. The second-order valence-electron chi connectivity index (χ2n) is 4.62. The van der Waals surface area contributed by atoms with E-state index >= 15 is 0 Å². The zero-order valence-electron chi connectivity index (χ0n) is 10.3. The summed E-state index contributed by atoms with van der Waals surface area (Å²) in [6.07, 6.45) is 0.331. The minimum Gasteiger partial charge on any atom is -0.481 e. The molecule has 1 heterocycles. The van der Waals surface area contributed by atoms with Gasteiger partial charge in [-0.3, -0.25) is 4.79 Å². The van der Waals surface area contributed by atoms with Crippen molar-refractivity contribution < 1.29 is 18.3 Å². The standard InChI is InChI=1S/C12H14ClNO4S/c1-8-2-3-11(10(13)6-8)19(17,18)14-5-4-9(7-14)12(15)16/h2-3,6,9H,4-5,7H2,1H3,(H,15,16)/t9-/m0/s1. The molecule has 0 saturated carbocycles. The van der Waals surface area contributed by atoms with Crippen LogP contribution < -0.4 is 0 Å². The van der Waals surface area contributed by atoms with E-state index in [1.165, 1.54) is 10.4 Å². The molecule has 1 aliphatic rings. The summed E-state index contributed by atoms with van der Waals surface area (Å²) in [4.78, 5) is 10.9. The molecule has 7 heteroatoms. The Morgan fingerprint density at radius 2 is 2.16 bits per heavy atom. The average molecular weight is 304 g/mol. The molecule has 1 aliphatic heterocycles. The number of nitrogens with zero attached hydrogens (tertiary/aromatic N) is 1. The van der Waals surface area contributed by atoms with Gasteiger partial charge < -0.3 is 5.11 Å². The summed E-state index contributed by atoms with van der Waals surface area (Å²) in [5, 5.41) is 9.08. The molecule has 1 atom stereocenters. The third-order valence-electron chi connectivity index (χ3n) is 3.21. The number of hydrogen-bond donors (Lipinski definition) is 1. The molecule has 1 N–H and O–H groups in total. The molecule has 1 aromatic rings. The van der Waals surface area contributed by atoms with Gasteiger partial charge in [0.2, 0.25) is 10.0 Å². The molecule has 0 unspecified atom stereocenters. The van der Waals surface area contributed by atoms with Gasteiger partial charge in [-0.05, 0) is 31.0 Å². The summed E-state index contributed by atoms with van der Waals surface area (Å²) in [5.74, 6) is -1.60. The first-order valence-corrected chi connectivity index (χ1v) is 7.63. The van der Waals surface area contributed by atoms with Crippen molar-refractivity contribution in [2.24, 2.45) is 5.92 Å². The fourth-order valence-corrected chi connectivity index (χ4v) is 4.18. The number of carboxylic acid groups (broad SMARTS) is 1. The van der Waals surface area contributed by atoms with Crippen LogP contribution in [0.3, 0.4) is 0 Å². The lowest BCUT2D eigenvalue weighted by Gasteiger charge is -2.17. The van der Waals surface area contributed by atoms with Gasteiger partial charge in [0.1, 0.15) is 4.90 Å². The molecule has 0 amide bonds. The quantitative estimate of drug-likeness (QED) is 0.923. The molecule has 0 aromatic heterocycles. The number of halogens is 1. The second kappa shape index (κ2) is 5.11. The lowest BCUT2D eigenvalue weighted by molar-refractivity contribution is -0.141. The molecule has 5 nitrogen and oxygen atoms in total. The predicted octanol–water partition coefficient (Wildman–Crippen LogP) is 1.74. The number of carbonyl (C=O) groups is 1. The summed E-state index contributed by atoms with van der Waals surface area (Å²) in [6, 6.07) is 4.71. The van der Waals surface area contributed by atoms with Crippen LogP contribution in [0, 0.1) is 12.8 Å². The molecule has 2 rings (SSSR count). The summed E-state index contributed by atoms with van der Waals surface area (Å²) in [5.41, 5.74) is 0.869. The Morgan fingerprint density at radius 1 is 1.47 bits per heavy atom. The van der Waals surface area contributed by atoms with Crippen LogP contribution in [0.1, 0.15) is 12.0 Å². The van der Waals surface area contributed by atoms with Gasteiger partial charge in [-0.25, -0.2) is 8.42 Å². The third kappa shape index (κ3) is 2.75. The Morgan fingerprint density at radius 3 is 2.68 bits per heavy atom. The van der Waals surface area contributed by atoms with E-state index in [-0.39, 0.29) is 23.0 Å². The van der Waals surface area contributed by atoms with E-state index in [4.69, 9.17) is 16.7 Å². The van der Waals surface area contributed by atoms with Crippen molar-refractivity contribution in [3.05, 3.63) is 28.8 Å². The van der Waals surface area contributed by atoms with E-state index in [1.54, 1.807) is 12.1 Å². The highest BCUT2D eigenvalue weighted by Gasteiger charge is 2.36. The lowest BCUT2D eigenvalue weighted by atomic mass is 10.1. The van der Waals surface area contributed by atoms with E-state index in [0.29, 0.717) is 6.42 Å². The van der Waals surface area contributed by atoms with Gasteiger partial charge in [-0.1, -0.05) is 17.7 Å². The van der Waals surface area contributed by atoms with E-state index < -0.39 is 21.9 Å². The van der Waals surface area contributed by atoms with Crippen LogP contribution in [0.4, 0.5) is 0 Å². The van der Waals surface area contributed by atoms with Crippen LogP contribution in [-0.2, 0) is 14.8 Å². The van der Waals surface area contributed by atoms with Gasteiger partial charge >= 0.3 is 5.97 Å². The maximum Gasteiger partial charge on any atom is 0.307 e. The number of carboxylic acids is 1. The second-order valence-corrected chi connectivity index (χ2v) is 6.93. The topological polar surface area (TPSA) is 74.7 Å². The van der Waals surface area contributed by atoms with Crippen LogP contribution in [0.5, 0.6) is 0 Å². The van der Waals surface area contributed by atoms with Gasteiger partial charge in [0.25, 0.3) is 0 Å². The van der Waals surface area contributed by atoms with Crippen LogP contribution in [0.25, 0.3) is 0 Å². The Bertz CT molecular complexity index is 614. The minimum absolute atomic E-state index is 0.00186. The molecule has 0 spiro atoms. The Hall–Kier alpha value is -1.11. The third-order valence-corrected chi connectivity index (χ3v) is 5.55. The number of benzene rings is 1. The summed E-state index contributed by atoms with van der Waals surface area (Å²) < 4.78 is 25.9. The van der Waals surface area contributed by atoms with Gasteiger partial charge in [-0.15, -0.1) is 0 Å². The molecule has 0 bridgehead atoms. The smallest absolute Gasteiger partial charge is 0.307 e. The zero-order valence-corrected chi connectivity index (χ0v) is 11.9. The molecule has 19 heavy (non-hydrogen) atoms. The summed E-state index contributed by atoms with van der Waals surface area (Å²) >= 11 is 5.97. The molecule has 0 radical (unpaired) electrons. The van der Waals surface area contributed by atoms with Crippen molar-refractivity contribution in [2.45, 2.75) is 18.2 Å². The normalized spacial score (nSPS) is 20.6. The van der Waals surface area contributed by atoms with Gasteiger partial charge in [-0.2, -0.15) is 4.31 Å². The highest BCUT2D eigenvalue weighted by molar-refractivity contribution is 7.89. The maximum absolute atomic E-state index is 12.4. The Kier molecular flexibility index (Phi) is 3.85. The maximum atomic E-state index is 12.4. The first-order valence-electron chi connectivity index (χ1n) is 5.81. The molecular formula is C12H14ClNO4S. The van der Waals surface area contributed by atoms with Crippen molar-refractivity contribution in [3.8, 4) is 0 Å². The van der Waals surface area contributed by atoms with Crippen molar-refractivity contribution in [1.82, 2.24) is 4.31 Å². The fraction of sp³-hybridized carbons (Fsp3) is 0.417. The van der Waals surface area contributed by atoms with Gasteiger partial charge in [0.05, 0.1) is 10.9 Å². The number of sulfonamides is 1. The fourth-order valence-electron chi connectivity index (χ4n) is 2.10. The van der Waals surface area contributed by atoms with E-state index in [0.717, 1.165) is 5.56 Å².